The van der Waals surface area contributed by atoms with Gasteiger partial charge in [0.1, 0.15) is 0 Å². The first-order valence-corrected chi connectivity index (χ1v) is 10.3. The molecule has 3 rings (SSSR count). The van der Waals surface area contributed by atoms with E-state index in [1.807, 2.05) is 4.90 Å². The van der Waals surface area contributed by atoms with Gasteiger partial charge in [0.25, 0.3) is 5.69 Å². The lowest BCUT2D eigenvalue weighted by Gasteiger charge is -2.22. The summed E-state index contributed by atoms with van der Waals surface area (Å²) in [6, 6.07) is 9.29. The van der Waals surface area contributed by atoms with Crippen LogP contribution in [-0.4, -0.2) is 41.5 Å². The van der Waals surface area contributed by atoms with E-state index >= 15 is 0 Å². The Morgan fingerprint density at radius 3 is 2.62 bits per heavy atom. The van der Waals surface area contributed by atoms with Gasteiger partial charge in [-0.2, -0.15) is 8.78 Å². The minimum absolute atomic E-state index is 0.0394. The monoisotopic (exact) mass is 449 g/mol. The van der Waals surface area contributed by atoms with Crippen LogP contribution in [0.4, 0.5) is 20.2 Å². The Hall–Kier alpha value is -3.27. The number of amides is 1. The molecule has 10 heteroatoms. The fourth-order valence-corrected chi connectivity index (χ4v) is 3.33. The maximum Gasteiger partial charge on any atom is 0.387 e. The molecule has 2 aromatic rings. The smallest absolute Gasteiger partial charge is 0.387 e. The highest BCUT2D eigenvalue weighted by Crippen LogP contribution is 2.33. The zero-order valence-corrected chi connectivity index (χ0v) is 17.8. The van der Waals surface area contributed by atoms with E-state index in [0.717, 1.165) is 24.0 Å². The molecule has 2 aromatic carbocycles. The zero-order valence-electron chi connectivity index (χ0n) is 17.8. The van der Waals surface area contributed by atoms with E-state index < -0.39 is 11.5 Å². The van der Waals surface area contributed by atoms with Crippen LogP contribution in [-0.2, 0) is 11.3 Å². The number of nitro groups is 1. The number of carbonyl (C=O) groups excluding carboxylic acids is 1. The molecular weight excluding hydrogens is 424 g/mol. The van der Waals surface area contributed by atoms with Crippen molar-refractivity contribution in [3.8, 4) is 11.5 Å². The van der Waals surface area contributed by atoms with Crippen LogP contribution in [0.2, 0.25) is 0 Å². The van der Waals surface area contributed by atoms with Gasteiger partial charge in [-0.05, 0) is 49.9 Å². The van der Waals surface area contributed by atoms with Crippen LogP contribution < -0.4 is 14.8 Å². The van der Waals surface area contributed by atoms with E-state index in [1.54, 1.807) is 32.0 Å². The molecule has 0 saturated heterocycles. The molecule has 8 nitrogen and oxygen atoms in total. The van der Waals surface area contributed by atoms with Crippen molar-refractivity contribution in [1.82, 2.24) is 4.90 Å². The third kappa shape index (κ3) is 6.36. The molecule has 0 radical (unpaired) electrons. The first-order valence-electron chi connectivity index (χ1n) is 10.3. The molecule has 172 valence electrons. The minimum atomic E-state index is -2.95. The first-order chi connectivity index (χ1) is 15.3. The summed E-state index contributed by atoms with van der Waals surface area (Å²) in [5.41, 5.74) is 1.81. The van der Waals surface area contributed by atoms with Gasteiger partial charge in [-0.1, -0.05) is 12.1 Å². The Balaban J connectivity index is 1.70. The predicted molar refractivity (Wildman–Crippen MR) is 114 cm³/mol. The number of benzene rings is 2. The first kappa shape index (κ1) is 23.4. The predicted octanol–water partition coefficient (Wildman–Crippen LogP) is 4.51. The molecule has 0 aliphatic heterocycles. The van der Waals surface area contributed by atoms with Crippen molar-refractivity contribution >= 4 is 17.3 Å². The van der Waals surface area contributed by atoms with Crippen molar-refractivity contribution in [2.45, 2.75) is 45.9 Å². The Kier molecular flexibility index (Phi) is 7.57. The van der Waals surface area contributed by atoms with Gasteiger partial charge in [0.15, 0.2) is 11.5 Å². The van der Waals surface area contributed by atoms with Crippen molar-refractivity contribution in [3.05, 3.63) is 57.6 Å². The van der Waals surface area contributed by atoms with Gasteiger partial charge < -0.3 is 14.8 Å². The minimum Gasteiger partial charge on any atom is -0.490 e. The van der Waals surface area contributed by atoms with Crippen molar-refractivity contribution in [3.63, 3.8) is 0 Å². The number of anilines is 1. The second kappa shape index (κ2) is 10.4. The van der Waals surface area contributed by atoms with Crippen LogP contribution in [0.1, 0.15) is 30.9 Å². The van der Waals surface area contributed by atoms with Crippen LogP contribution in [0.25, 0.3) is 0 Å². The fraction of sp³-hybridized carbons (Fsp3) is 0.409. The Labute approximate surface area is 184 Å². The average Bonchev–Trinajstić information content (AvgIpc) is 3.56. The summed E-state index contributed by atoms with van der Waals surface area (Å²) in [6.45, 7) is 1.35. The summed E-state index contributed by atoms with van der Waals surface area (Å²) < 4.78 is 35.2. The third-order valence-corrected chi connectivity index (χ3v) is 5.03. The van der Waals surface area contributed by atoms with Crippen molar-refractivity contribution in [2.24, 2.45) is 0 Å². The molecule has 1 amide bonds. The van der Waals surface area contributed by atoms with E-state index in [9.17, 15) is 23.7 Å². The summed E-state index contributed by atoms with van der Waals surface area (Å²) in [4.78, 5) is 25.2. The topological polar surface area (TPSA) is 93.9 Å². The zero-order chi connectivity index (χ0) is 23.3. The van der Waals surface area contributed by atoms with Crippen molar-refractivity contribution in [2.75, 3.05) is 18.5 Å². The van der Waals surface area contributed by atoms with Gasteiger partial charge in [0.2, 0.25) is 5.91 Å². The molecule has 1 aliphatic rings. The van der Waals surface area contributed by atoms with Crippen molar-refractivity contribution in [1.29, 1.82) is 0 Å². The second-order valence-electron chi connectivity index (χ2n) is 7.53. The number of non-ortho nitro benzene ring substituents is 1. The lowest BCUT2D eigenvalue weighted by atomic mass is 10.1. The summed E-state index contributed by atoms with van der Waals surface area (Å²) in [6.07, 6.45) is 1.90. The lowest BCUT2D eigenvalue weighted by Crippen LogP contribution is -2.34. The lowest BCUT2D eigenvalue weighted by molar-refractivity contribution is -0.384. The largest absolute Gasteiger partial charge is 0.490 e. The number of halogens is 2. The Bertz CT molecular complexity index is 982. The fourth-order valence-electron chi connectivity index (χ4n) is 3.33. The number of hydrogen-bond donors (Lipinski definition) is 1. The standard InChI is InChI=1S/C22H25F2N3O5/c1-3-31-20-10-15(5-9-19(20)32-22(23)24)12-26(16-7-8-16)13-21(28)25-18-11-17(27(29)30)6-4-14(18)2/h4-6,9-11,16,22H,3,7-8,12-13H2,1-2H3,(H,25,28). The maximum atomic E-state index is 12.7. The normalized spacial score (nSPS) is 13.3. The second-order valence-corrected chi connectivity index (χ2v) is 7.53. The molecule has 0 aromatic heterocycles. The quantitative estimate of drug-likeness (QED) is 0.401. The molecule has 0 spiro atoms. The highest BCUT2D eigenvalue weighted by Gasteiger charge is 2.30. The number of carbonyl (C=O) groups is 1. The van der Waals surface area contributed by atoms with Gasteiger partial charge in [-0.15, -0.1) is 0 Å². The number of nitrogens with one attached hydrogen (secondary N) is 1. The molecule has 1 saturated carbocycles. The van der Waals surface area contributed by atoms with Crippen LogP contribution >= 0.6 is 0 Å². The third-order valence-electron chi connectivity index (χ3n) is 5.03. The Morgan fingerprint density at radius 2 is 2.00 bits per heavy atom. The molecule has 0 atom stereocenters. The SMILES string of the molecule is CCOc1cc(CN(CC(=O)Nc2cc([N+](=O)[O-])ccc2C)C2CC2)ccc1OC(F)F. The summed E-state index contributed by atoms with van der Waals surface area (Å²) in [7, 11) is 0. The van der Waals surface area contributed by atoms with Crippen molar-refractivity contribution < 1.29 is 28.0 Å². The number of aryl methyl sites for hydroxylation is 1. The highest BCUT2D eigenvalue weighted by molar-refractivity contribution is 5.93. The van der Waals surface area contributed by atoms with Crippen LogP contribution in [0.3, 0.4) is 0 Å². The number of rotatable bonds is 11. The number of nitrogens with zero attached hydrogens (tertiary/aromatic N) is 2. The van der Waals surface area contributed by atoms with Gasteiger partial charge in [-0.3, -0.25) is 19.8 Å². The molecule has 1 fully saturated rings. The van der Waals surface area contributed by atoms with Gasteiger partial charge in [-0.25, -0.2) is 0 Å². The van der Waals surface area contributed by atoms with E-state index in [-0.39, 0.29) is 35.7 Å². The number of alkyl halides is 2. The Morgan fingerprint density at radius 1 is 1.25 bits per heavy atom. The molecule has 0 unspecified atom stereocenters. The number of hydrogen-bond acceptors (Lipinski definition) is 6. The van der Waals surface area contributed by atoms with E-state index in [0.29, 0.717) is 18.8 Å². The highest BCUT2D eigenvalue weighted by atomic mass is 19.3. The average molecular weight is 449 g/mol. The van der Waals surface area contributed by atoms with Gasteiger partial charge >= 0.3 is 6.61 Å². The van der Waals surface area contributed by atoms with E-state index in [1.165, 1.54) is 18.2 Å². The van der Waals surface area contributed by atoms with Crippen LogP contribution in [0, 0.1) is 17.0 Å². The molecule has 1 N–H and O–H groups in total. The van der Waals surface area contributed by atoms with Crippen LogP contribution in [0.15, 0.2) is 36.4 Å². The van der Waals surface area contributed by atoms with Gasteiger partial charge in [0.05, 0.1) is 23.8 Å². The van der Waals surface area contributed by atoms with E-state index in [4.69, 9.17) is 4.74 Å². The number of nitro benzene ring substituents is 1. The summed E-state index contributed by atoms with van der Waals surface area (Å²) in [5.74, 6) is -0.108. The molecule has 0 heterocycles. The van der Waals surface area contributed by atoms with Gasteiger partial charge in [0, 0.05) is 24.7 Å². The summed E-state index contributed by atoms with van der Waals surface area (Å²) in [5, 5.41) is 13.8. The molecular formula is C22H25F2N3O5. The molecule has 32 heavy (non-hydrogen) atoms. The maximum absolute atomic E-state index is 12.7. The van der Waals surface area contributed by atoms with E-state index in [2.05, 4.69) is 10.1 Å². The molecule has 1 aliphatic carbocycles. The van der Waals surface area contributed by atoms with Crippen LogP contribution in [0.5, 0.6) is 11.5 Å². The summed E-state index contributed by atoms with van der Waals surface area (Å²) >= 11 is 0. The number of ether oxygens (including phenoxy) is 2. The molecule has 0 bridgehead atoms.